The molecule has 0 heterocycles. The number of para-hydroxylation sites is 1. The summed E-state index contributed by atoms with van der Waals surface area (Å²) in [6, 6.07) is 6.75. The van der Waals surface area contributed by atoms with E-state index in [1.165, 1.54) is 0 Å². The summed E-state index contributed by atoms with van der Waals surface area (Å²) in [5.41, 5.74) is 0.317. The Kier molecular flexibility index (Phi) is 4.01. The highest BCUT2D eigenvalue weighted by Crippen LogP contribution is 2.27. The molecule has 19 heavy (non-hydrogen) atoms. The van der Waals surface area contributed by atoms with Crippen LogP contribution in [-0.2, 0) is 14.8 Å². The van der Waals surface area contributed by atoms with Gasteiger partial charge in [-0.1, -0.05) is 23.7 Å². The summed E-state index contributed by atoms with van der Waals surface area (Å²) in [6.45, 7) is -0.251. The molecule has 0 unspecified atom stereocenters. The molecule has 1 N–H and O–H groups in total. The molecule has 0 spiro atoms. The van der Waals surface area contributed by atoms with Crippen molar-refractivity contribution in [3.8, 4) is 0 Å². The van der Waals surface area contributed by atoms with Gasteiger partial charge in [-0.3, -0.25) is 9.10 Å². The van der Waals surface area contributed by atoms with Crippen molar-refractivity contribution in [2.75, 3.05) is 17.1 Å². The Morgan fingerprint density at radius 1 is 1.42 bits per heavy atom. The normalized spacial score (nSPS) is 15.1. The van der Waals surface area contributed by atoms with Crippen LogP contribution in [0.1, 0.15) is 12.8 Å². The van der Waals surface area contributed by atoms with Gasteiger partial charge in [-0.05, 0) is 25.0 Å². The second kappa shape index (κ2) is 5.38. The molecule has 1 aliphatic carbocycles. The lowest BCUT2D eigenvalue weighted by Gasteiger charge is -2.22. The van der Waals surface area contributed by atoms with Gasteiger partial charge in [0.1, 0.15) is 6.54 Å². The summed E-state index contributed by atoms with van der Waals surface area (Å²) in [4.78, 5) is 11.8. The number of sulfonamides is 1. The van der Waals surface area contributed by atoms with E-state index in [2.05, 4.69) is 5.32 Å². The minimum atomic E-state index is -3.56. The molecule has 1 aromatic rings. The molecule has 0 aromatic heterocycles. The zero-order valence-corrected chi connectivity index (χ0v) is 12.0. The van der Waals surface area contributed by atoms with E-state index < -0.39 is 10.0 Å². The molecule has 0 saturated heterocycles. The predicted octanol–water partition coefficient (Wildman–Crippen LogP) is 1.38. The molecule has 1 amide bonds. The van der Waals surface area contributed by atoms with Crippen LogP contribution in [0.3, 0.4) is 0 Å². The third-order valence-electron chi connectivity index (χ3n) is 2.75. The number of carbonyl (C=O) groups is 1. The summed E-state index contributed by atoms with van der Waals surface area (Å²) in [7, 11) is -3.56. The summed E-state index contributed by atoms with van der Waals surface area (Å²) in [5.74, 6) is -0.312. The first-order valence-corrected chi connectivity index (χ1v) is 8.12. The van der Waals surface area contributed by atoms with E-state index >= 15 is 0 Å². The van der Waals surface area contributed by atoms with Crippen molar-refractivity contribution in [1.29, 1.82) is 0 Å². The first kappa shape index (κ1) is 14.1. The number of hydrogen-bond donors (Lipinski definition) is 1. The third kappa shape index (κ3) is 3.84. The van der Waals surface area contributed by atoms with Gasteiger partial charge in [0.15, 0.2) is 0 Å². The predicted molar refractivity (Wildman–Crippen MR) is 74.8 cm³/mol. The second-order valence-corrected chi connectivity index (χ2v) is 6.88. The lowest BCUT2D eigenvalue weighted by Crippen LogP contribution is -2.41. The molecular weight excluding hydrogens is 288 g/mol. The van der Waals surface area contributed by atoms with Crippen molar-refractivity contribution in [3.05, 3.63) is 29.3 Å². The van der Waals surface area contributed by atoms with Gasteiger partial charge in [0.25, 0.3) is 0 Å². The number of nitrogens with one attached hydrogen (secondary N) is 1. The van der Waals surface area contributed by atoms with Crippen LogP contribution in [0.4, 0.5) is 5.69 Å². The van der Waals surface area contributed by atoms with Crippen LogP contribution in [0.5, 0.6) is 0 Å². The van der Waals surface area contributed by atoms with Crippen LogP contribution in [0.15, 0.2) is 24.3 Å². The van der Waals surface area contributed by atoms with Crippen LogP contribution in [0, 0.1) is 0 Å². The minimum Gasteiger partial charge on any atom is -0.352 e. The Labute approximate surface area is 117 Å². The van der Waals surface area contributed by atoms with E-state index in [1.807, 2.05) is 0 Å². The van der Waals surface area contributed by atoms with Crippen LogP contribution in [-0.4, -0.2) is 33.2 Å². The summed E-state index contributed by atoms with van der Waals surface area (Å²) >= 11 is 5.99. The zero-order valence-electron chi connectivity index (χ0n) is 10.5. The van der Waals surface area contributed by atoms with E-state index in [1.54, 1.807) is 24.3 Å². The molecule has 5 nitrogen and oxygen atoms in total. The van der Waals surface area contributed by atoms with E-state index in [4.69, 9.17) is 11.6 Å². The van der Waals surface area contributed by atoms with Crippen LogP contribution in [0.2, 0.25) is 5.02 Å². The monoisotopic (exact) mass is 302 g/mol. The van der Waals surface area contributed by atoms with Crippen molar-refractivity contribution in [2.45, 2.75) is 18.9 Å². The molecule has 104 valence electrons. The zero-order chi connectivity index (χ0) is 14.0. The van der Waals surface area contributed by atoms with E-state index in [-0.39, 0.29) is 18.5 Å². The van der Waals surface area contributed by atoms with E-state index in [0.29, 0.717) is 10.7 Å². The maximum Gasteiger partial charge on any atom is 0.240 e. The van der Waals surface area contributed by atoms with Gasteiger partial charge in [0.2, 0.25) is 15.9 Å². The quantitative estimate of drug-likeness (QED) is 0.893. The molecule has 0 radical (unpaired) electrons. The fraction of sp³-hybridized carbons (Fsp3) is 0.417. The Balaban J connectivity index is 2.21. The first-order chi connectivity index (χ1) is 8.88. The number of rotatable bonds is 5. The molecule has 0 atom stereocenters. The maximum absolute atomic E-state index is 11.8. The average molecular weight is 303 g/mol. The van der Waals surface area contributed by atoms with E-state index in [0.717, 1.165) is 23.4 Å². The number of anilines is 1. The van der Waals surface area contributed by atoms with Gasteiger partial charge in [-0.15, -0.1) is 0 Å². The fourth-order valence-electron chi connectivity index (χ4n) is 1.67. The van der Waals surface area contributed by atoms with E-state index in [9.17, 15) is 13.2 Å². The number of halogens is 1. The Morgan fingerprint density at radius 2 is 2.05 bits per heavy atom. The van der Waals surface area contributed by atoms with Gasteiger partial charge in [-0.25, -0.2) is 8.42 Å². The topological polar surface area (TPSA) is 66.5 Å². The van der Waals surface area contributed by atoms with Crippen molar-refractivity contribution in [3.63, 3.8) is 0 Å². The standard InChI is InChI=1S/C12H15ClN2O3S/c1-19(17,18)15(8-12(16)14-9-6-7-9)11-5-3-2-4-10(11)13/h2-5,9H,6-8H2,1H3,(H,14,16). The molecule has 0 bridgehead atoms. The molecule has 2 rings (SSSR count). The number of nitrogens with zero attached hydrogens (tertiary/aromatic N) is 1. The average Bonchev–Trinajstić information content (AvgIpc) is 3.09. The van der Waals surface area contributed by atoms with Crippen LogP contribution < -0.4 is 9.62 Å². The lowest BCUT2D eigenvalue weighted by atomic mass is 10.3. The molecule has 1 aromatic carbocycles. The Bertz CT molecular complexity index is 584. The number of amides is 1. The number of hydrogen-bond acceptors (Lipinski definition) is 3. The van der Waals surface area contributed by atoms with Crippen molar-refractivity contribution < 1.29 is 13.2 Å². The van der Waals surface area contributed by atoms with Gasteiger partial charge in [0.05, 0.1) is 17.0 Å². The molecule has 0 aliphatic heterocycles. The van der Waals surface area contributed by atoms with Gasteiger partial charge < -0.3 is 5.32 Å². The Morgan fingerprint density at radius 3 is 2.58 bits per heavy atom. The van der Waals surface area contributed by atoms with Gasteiger partial charge in [-0.2, -0.15) is 0 Å². The third-order valence-corrected chi connectivity index (χ3v) is 4.20. The SMILES string of the molecule is CS(=O)(=O)N(CC(=O)NC1CC1)c1ccccc1Cl. The van der Waals surface area contributed by atoms with Gasteiger partial charge in [0, 0.05) is 6.04 Å². The highest BCUT2D eigenvalue weighted by atomic mass is 35.5. The van der Waals surface area contributed by atoms with Crippen LogP contribution in [0.25, 0.3) is 0 Å². The van der Waals surface area contributed by atoms with Crippen molar-refractivity contribution >= 4 is 33.2 Å². The molecule has 7 heteroatoms. The highest BCUT2D eigenvalue weighted by molar-refractivity contribution is 7.92. The summed E-state index contributed by atoms with van der Waals surface area (Å²) < 4.78 is 24.6. The summed E-state index contributed by atoms with van der Waals surface area (Å²) in [5, 5.41) is 3.06. The summed E-state index contributed by atoms with van der Waals surface area (Å²) in [6.07, 6.45) is 2.97. The number of benzene rings is 1. The highest BCUT2D eigenvalue weighted by Gasteiger charge is 2.27. The van der Waals surface area contributed by atoms with Crippen molar-refractivity contribution in [2.24, 2.45) is 0 Å². The van der Waals surface area contributed by atoms with Crippen LogP contribution >= 0.6 is 11.6 Å². The maximum atomic E-state index is 11.8. The molecule has 1 aliphatic rings. The number of carbonyl (C=O) groups excluding carboxylic acids is 1. The Hall–Kier alpha value is -1.27. The molecular formula is C12H15ClN2O3S. The van der Waals surface area contributed by atoms with Crippen molar-refractivity contribution in [1.82, 2.24) is 5.32 Å². The smallest absolute Gasteiger partial charge is 0.240 e. The molecule has 1 fully saturated rings. The first-order valence-electron chi connectivity index (χ1n) is 5.89. The second-order valence-electron chi connectivity index (χ2n) is 4.56. The minimum absolute atomic E-state index is 0.195. The lowest BCUT2D eigenvalue weighted by molar-refractivity contribution is -0.119. The fourth-order valence-corrected chi connectivity index (χ4v) is 2.82. The van der Waals surface area contributed by atoms with Gasteiger partial charge >= 0.3 is 0 Å². The largest absolute Gasteiger partial charge is 0.352 e. The molecule has 1 saturated carbocycles.